The monoisotopic (exact) mass is 501 g/mol. The quantitative estimate of drug-likeness (QED) is 0.283. The van der Waals surface area contributed by atoms with Gasteiger partial charge in [-0.25, -0.2) is 0 Å². The van der Waals surface area contributed by atoms with Crippen LogP contribution in [0.1, 0.15) is 19.4 Å². The molecule has 0 bridgehead atoms. The topological polar surface area (TPSA) is 38.3 Å². The van der Waals surface area contributed by atoms with Crippen LogP contribution in [0.5, 0.6) is 5.75 Å². The first-order valence-electron chi connectivity index (χ1n) is 9.39. The van der Waals surface area contributed by atoms with Gasteiger partial charge in [-0.2, -0.15) is 0 Å². The van der Waals surface area contributed by atoms with Crippen molar-refractivity contribution in [3.63, 3.8) is 0 Å². The molecule has 0 spiro atoms. The first-order chi connectivity index (χ1) is 12.6. The maximum atomic E-state index is 12.3. The fourth-order valence-corrected chi connectivity index (χ4v) is 4.00. The molecule has 1 unspecified atom stereocenters. The Hall–Kier alpha value is -1.01. The summed E-state index contributed by atoms with van der Waals surface area (Å²) in [4.78, 5) is 0. The number of nitrogens with one attached hydrogen (secondary N) is 1. The minimum atomic E-state index is -1.53. The summed E-state index contributed by atoms with van der Waals surface area (Å²) in [6.07, 6.45) is 0. The lowest BCUT2D eigenvalue weighted by atomic mass is 10.2. The Morgan fingerprint density at radius 2 is 1.70 bits per heavy atom. The largest absolute Gasteiger partial charge is 1.00 e. The first-order valence-corrected chi connectivity index (χ1v) is 10.6. The van der Waals surface area contributed by atoms with Crippen molar-refractivity contribution in [1.82, 2.24) is 5.09 Å². The highest BCUT2D eigenvalue weighted by molar-refractivity contribution is 7.51. The molecule has 2 aromatic rings. The van der Waals surface area contributed by atoms with E-state index in [1.165, 1.54) is 5.56 Å². The van der Waals surface area contributed by atoms with Crippen LogP contribution in [0, 0.1) is 6.92 Å². The summed E-state index contributed by atoms with van der Waals surface area (Å²) < 4.78 is 19.2. The van der Waals surface area contributed by atoms with Crippen LogP contribution in [0.3, 0.4) is 0 Å². The number of ether oxygens (including phenoxy) is 1. The number of aryl methyl sites for hydroxylation is 1. The Balaban J connectivity index is 0.00000364. The molecule has 148 valence electrons. The van der Waals surface area contributed by atoms with Crippen LogP contribution in [0.4, 0.5) is 0 Å². The summed E-state index contributed by atoms with van der Waals surface area (Å²) in [7, 11) is -1.53. The van der Waals surface area contributed by atoms with Gasteiger partial charge in [0.2, 0.25) is 5.30 Å². The lowest BCUT2D eigenvalue weighted by molar-refractivity contribution is -0.923. The Morgan fingerprint density at radius 3 is 2.33 bits per heavy atom. The average Bonchev–Trinajstić information content (AvgIpc) is 2.67. The average molecular weight is 501 g/mol. The first kappa shape index (κ1) is 24.0. The summed E-state index contributed by atoms with van der Waals surface area (Å²) >= 11 is 0. The van der Waals surface area contributed by atoms with E-state index in [0.29, 0.717) is 6.61 Å². The molecular weight excluding hydrogens is 470 g/mol. The molecule has 1 atom stereocenters. The van der Waals surface area contributed by atoms with E-state index >= 15 is 0 Å². The predicted molar refractivity (Wildman–Crippen MR) is 109 cm³/mol. The highest BCUT2D eigenvalue weighted by Crippen LogP contribution is 2.15. The fourth-order valence-electron chi connectivity index (χ4n) is 3.07. The van der Waals surface area contributed by atoms with Gasteiger partial charge >= 0.3 is 7.95 Å². The van der Waals surface area contributed by atoms with Crippen molar-refractivity contribution in [3.8, 4) is 5.75 Å². The van der Waals surface area contributed by atoms with Crippen LogP contribution in [0.15, 0.2) is 54.6 Å². The Morgan fingerprint density at radius 1 is 1.00 bits per heavy atom. The van der Waals surface area contributed by atoms with Gasteiger partial charge in [0.05, 0.1) is 26.2 Å². The zero-order valence-electron chi connectivity index (χ0n) is 16.5. The zero-order valence-corrected chi connectivity index (χ0v) is 19.6. The number of hydrogen-bond donors (Lipinski definition) is 1. The molecular formula is C21H31IN2O2P+. The summed E-state index contributed by atoms with van der Waals surface area (Å²) in [5.74, 6) is 0.931. The second-order valence-electron chi connectivity index (χ2n) is 6.62. The van der Waals surface area contributed by atoms with Gasteiger partial charge in [0.1, 0.15) is 18.9 Å². The summed E-state index contributed by atoms with van der Waals surface area (Å²) in [6, 6.07) is 17.8. The molecule has 1 N–H and O–H groups in total. The van der Waals surface area contributed by atoms with Crippen molar-refractivity contribution in [2.24, 2.45) is 0 Å². The van der Waals surface area contributed by atoms with Gasteiger partial charge in [0, 0.05) is 0 Å². The van der Waals surface area contributed by atoms with Gasteiger partial charge in [0.25, 0.3) is 0 Å². The summed E-state index contributed by atoms with van der Waals surface area (Å²) in [5.41, 5.74) is 1.21. The van der Waals surface area contributed by atoms with Crippen LogP contribution in [0.25, 0.3) is 0 Å². The SMILES string of the molecule is CC[N+](CC)(CCN[P+](=O)c1ccccc1)CCOc1cccc(C)c1.[I-]. The van der Waals surface area contributed by atoms with E-state index in [1.54, 1.807) is 0 Å². The third-order valence-corrected chi connectivity index (χ3v) is 6.28. The zero-order chi connectivity index (χ0) is 18.8. The summed E-state index contributed by atoms with van der Waals surface area (Å²) in [6.45, 7) is 11.9. The van der Waals surface area contributed by atoms with Gasteiger partial charge in [0.15, 0.2) is 0 Å². The van der Waals surface area contributed by atoms with Gasteiger partial charge < -0.3 is 33.2 Å². The Bertz CT molecular complexity index is 694. The molecule has 2 aromatic carbocycles. The van der Waals surface area contributed by atoms with Crippen molar-refractivity contribution < 1.29 is 37.8 Å². The molecule has 0 aliphatic carbocycles. The second kappa shape index (κ2) is 12.4. The van der Waals surface area contributed by atoms with E-state index in [-0.39, 0.29) is 24.0 Å². The molecule has 4 nitrogen and oxygen atoms in total. The van der Waals surface area contributed by atoms with Crippen LogP contribution >= 0.6 is 7.95 Å². The van der Waals surface area contributed by atoms with E-state index in [0.717, 1.165) is 48.3 Å². The second-order valence-corrected chi connectivity index (χ2v) is 8.05. The van der Waals surface area contributed by atoms with Gasteiger partial charge in [-0.3, -0.25) is 0 Å². The van der Waals surface area contributed by atoms with Crippen LogP contribution in [0.2, 0.25) is 0 Å². The number of likely N-dealkylation sites (N-methyl/N-ethyl adjacent to an activating group) is 1. The van der Waals surface area contributed by atoms with Crippen molar-refractivity contribution in [3.05, 3.63) is 60.2 Å². The van der Waals surface area contributed by atoms with Gasteiger partial charge in [-0.15, -0.1) is 0 Å². The van der Waals surface area contributed by atoms with Gasteiger partial charge in [-0.05, 0) is 55.2 Å². The molecule has 0 fully saturated rings. The van der Waals surface area contributed by atoms with Crippen LogP contribution < -0.4 is 39.1 Å². The number of rotatable bonds is 11. The smallest absolute Gasteiger partial charge is 0.471 e. The summed E-state index contributed by atoms with van der Waals surface area (Å²) in [5, 5.41) is 4.05. The molecule has 2 rings (SSSR count). The Labute approximate surface area is 181 Å². The van der Waals surface area contributed by atoms with E-state index in [9.17, 15) is 4.57 Å². The number of benzene rings is 2. The Kier molecular flexibility index (Phi) is 11.1. The minimum absolute atomic E-state index is 0. The molecule has 0 saturated carbocycles. The van der Waals surface area contributed by atoms with Crippen molar-refractivity contribution in [2.45, 2.75) is 20.8 Å². The highest BCUT2D eigenvalue weighted by atomic mass is 127. The van der Waals surface area contributed by atoms with E-state index in [4.69, 9.17) is 4.74 Å². The molecule has 0 aromatic heterocycles. The molecule has 27 heavy (non-hydrogen) atoms. The molecule has 0 aliphatic rings. The van der Waals surface area contributed by atoms with E-state index < -0.39 is 7.95 Å². The standard InChI is InChI=1S/C21H31N2O2P.HI/c1-4-23(5-2,16-17-25-20-11-9-10-19(3)18-20)15-14-22-26(24)21-12-7-6-8-13-21;/h6-13,18H,4-5,14-17H2,1-3H3,(H,22,24);1H/q+2;/p-1. The van der Waals surface area contributed by atoms with Gasteiger partial charge in [-0.1, -0.05) is 35.4 Å². The molecule has 0 amide bonds. The van der Waals surface area contributed by atoms with Crippen molar-refractivity contribution in [2.75, 3.05) is 39.3 Å². The highest BCUT2D eigenvalue weighted by Gasteiger charge is 2.26. The lowest BCUT2D eigenvalue weighted by Crippen LogP contribution is -3.00. The van der Waals surface area contributed by atoms with Crippen LogP contribution in [-0.2, 0) is 4.57 Å². The number of quaternary nitrogens is 1. The lowest BCUT2D eigenvalue weighted by Gasteiger charge is -2.36. The molecule has 0 saturated heterocycles. The van der Waals surface area contributed by atoms with Crippen LogP contribution in [-0.4, -0.2) is 43.8 Å². The number of halogens is 1. The minimum Gasteiger partial charge on any atom is -1.00 e. The third-order valence-electron chi connectivity index (χ3n) is 5.00. The normalized spacial score (nSPS) is 11.6. The number of hydrogen-bond acceptors (Lipinski definition) is 2. The molecule has 0 aliphatic heterocycles. The van der Waals surface area contributed by atoms with Crippen molar-refractivity contribution >= 4 is 13.3 Å². The molecule has 6 heteroatoms. The van der Waals surface area contributed by atoms with Crippen molar-refractivity contribution in [1.29, 1.82) is 0 Å². The molecule has 0 radical (unpaired) electrons. The molecule has 0 heterocycles. The maximum absolute atomic E-state index is 12.3. The third kappa shape index (κ3) is 7.86. The van der Waals surface area contributed by atoms with E-state index in [1.807, 2.05) is 42.5 Å². The maximum Gasteiger partial charge on any atom is 0.471 e. The fraction of sp³-hybridized carbons (Fsp3) is 0.429. The number of nitrogens with zero attached hydrogens (tertiary/aromatic N) is 1. The van der Waals surface area contributed by atoms with E-state index in [2.05, 4.69) is 38.0 Å². The predicted octanol–water partition coefficient (Wildman–Crippen LogP) is 0.892.